The molecule has 1 fully saturated rings. The van der Waals surface area contributed by atoms with Crippen molar-refractivity contribution in [2.45, 2.75) is 0 Å². The Morgan fingerprint density at radius 2 is 2.14 bits per heavy atom. The van der Waals surface area contributed by atoms with Gasteiger partial charge in [0.15, 0.2) is 11.4 Å². The third-order valence-electron chi connectivity index (χ3n) is 3.88. The van der Waals surface area contributed by atoms with Crippen LogP contribution >= 0.6 is 0 Å². The van der Waals surface area contributed by atoms with Gasteiger partial charge in [0.1, 0.15) is 5.75 Å². The molecule has 0 N–H and O–H groups in total. The highest BCUT2D eigenvalue weighted by Crippen LogP contribution is 2.28. The number of methoxy groups -OCH3 is 1. The molecule has 3 rings (SSSR count). The zero-order chi connectivity index (χ0) is 14.7. The molecule has 6 heteroatoms. The van der Waals surface area contributed by atoms with Crippen molar-refractivity contribution in [1.29, 1.82) is 0 Å². The fourth-order valence-corrected chi connectivity index (χ4v) is 2.53. The van der Waals surface area contributed by atoms with Crippen LogP contribution in [0.4, 0.5) is 5.82 Å². The largest absolute Gasteiger partial charge is 0.497 e. The molecule has 1 aliphatic rings. The molecule has 1 aliphatic heterocycles. The highest BCUT2D eigenvalue weighted by Gasteiger charge is 2.15. The summed E-state index contributed by atoms with van der Waals surface area (Å²) in [5.74, 6) is 1.65. The van der Waals surface area contributed by atoms with Crippen molar-refractivity contribution >= 4 is 16.8 Å². The molecule has 0 radical (unpaired) electrons. The van der Waals surface area contributed by atoms with Gasteiger partial charge in [0, 0.05) is 39.3 Å². The van der Waals surface area contributed by atoms with E-state index in [2.05, 4.69) is 15.0 Å². The first-order valence-electron chi connectivity index (χ1n) is 7.22. The smallest absolute Gasteiger partial charge is 0.179 e. The summed E-state index contributed by atoms with van der Waals surface area (Å²) >= 11 is 0. The van der Waals surface area contributed by atoms with Gasteiger partial charge >= 0.3 is 0 Å². The van der Waals surface area contributed by atoms with Crippen LogP contribution in [0.25, 0.3) is 11.0 Å². The van der Waals surface area contributed by atoms with E-state index < -0.39 is 0 Å². The second kappa shape index (κ2) is 6.32. The van der Waals surface area contributed by atoms with Crippen LogP contribution in [0.15, 0.2) is 22.7 Å². The number of likely N-dealkylation sites (N-methyl/N-ethyl adjacent to an activating group) is 1. The van der Waals surface area contributed by atoms with Crippen molar-refractivity contribution in [1.82, 2.24) is 10.1 Å². The molecule has 114 valence electrons. The maximum absolute atomic E-state index is 5.40. The number of anilines is 1. The van der Waals surface area contributed by atoms with Crippen molar-refractivity contribution in [2.24, 2.45) is 0 Å². The number of ether oxygens (including phenoxy) is 2. The van der Waals surface area contributed by atoms with E-state index in [4.69, 9.17) is 14.0 Å². The number of morpholine rings is 1. The maximum Gasteiger partial charge on any atom is 0.179 e. The zero-order valence-electron chi connectivity index (χ0n) is 12.5. The molecule has 21 heavy (non-hydrogen) atoms. The van der Waals surface area contributed by atoms with Gasteiger partial charge in [-0.05, 0) is 12.1 Å². The number of aromatic nitrogens is 1. The van der Waals surface area contributed by atoms with Gasteiger partial charge in [0.25, 0.3) is 0 Å². The Morgan fingerprint density at radius 3 is 2.90 bits per heavy atom. The lowest BCUT2D eigenvalue weighted by Gasteiger charge is -2.28. The summed E-state index contributed by atoms with van der Waals surface area (Å²) in [6.07, 6.45) is 0. The normalized spacial score (nSPS) is 16.3. The van der Waals surface area contributed by atoms with E-state index in [-0.39, 0.29) is 0 Å². The first-order chi connectivity index (χ1) is 10.3. The molecule has 1 aromatic carbocycles. The van der Waals surface area contributed by atoms with E-state index in [1.54, 1.807) is 7.11 Å². The molecular formula is C15H21N3O3. The van der Waals surface area contributed by atoms with E-state index >= 15 is 0 Å². The minimum absolute atomic E-state index is 0.752. The molecule has 1 saturated heterocycles. The summed E-state index contributed by atoms with van der Waals surface area (Å²) in [5.41, 5.74) is 0.752. The quantitative estimate of drug-likeness (QED) is 0.834. The molecule has 0 amide bonds. The van der Waals surface area contributed by atoms with Crippen molar-refractivity contribution < 1.29 is 14.0 Å². The van der Waals surface area contributed by atoms with Gasteiger partial charge in [0.2, 0.25) is 0 Å². The predicted molar refractivity (Wildman–Crippen MR) is 81.1 cm³/mol. The lowest BCUT2D eigenvalue weighted by molar-refractivity contribution is 0.0392. The van der Waals surface area contributed by atoms with Crippen LogP contribution in [0.1, 0.15) is 0 Å². The Morgan fingerprint density at radius 1 is 1.33 bits per heavy atom. The highest BCUT2D eigenvalue weighted by molar-refractivity contribution is 5.89. The number of hydrogen-bond acceptors (Lipinski definition) is 6. The first kappa shape index (κ1) is 14.2. The minimum atomic E-state index is 0.752. The molecule has 6 nitrogen and oxygen atoms in total. The van der Waals surface area contributed by atoms with Crippen molar-refractivity contribution in [2.75, 3.05) is 58.5 Å². The lowest BCUT2D eigenvalue weighted by atomic mass is 10.2. The molecule has 0 spiro atoms. The van der Waals surface area contributed by atoms with Gasteiger partial charge in [0.05, 0.1) is 25.7 Å². The van der Waals surface area contributed by atoms with Crippen LogP contribution in [0.3, 0.4) is 0 Å². The average Bonchev–Trinajstić information content (AvgIpc) is 2.96. The van der Waals surface area contributed by atoms with Crippen molar-refractivity contribution in [3.8, 4) is 5.75 Å². The SMILES string of the molecule is COc1ccc2c(N(C)CCN3CCOCC3)noc2c1. The van der Waals surface area contributed by atoms with Gasteiger partial charge in [-0.2, -0.15) is 0 Å². The maximum atomic E-state index is 5.40. The van der Waals surface area contributed by atoms with E-state index in [0.717, 1.165) is 61.9 Å². The number of hydrogen-bond donors (Lipinski definition) is 0. The van der Waals surface area contributed by atoms with Gasteiger partial charge in [-0.15, -0.1) is 0 Å². The number of fused-ring (bicyclic) bond motifs is 1. The molecule has 2 heterocycles. The summed E-state index contributed by atoms with van der Waals surface area (Å²) in [6, 6.07) is 5.78. The topological polar surface area (TPSA) is 51.0 Å². The van der Waals surface area contributed by atoms with E-state index in [9.17, 15) is 0 Å². The third-order valence-corrected chi connectivity index (χ3v) is 3.88. The molecule has 0 saturated carbocycles. The summed E-state index contributed by atoms with van der Waals surface area (Å²) in [6.45, 7) is 5.58. The standard InChI is InChI=1S/C15H21N3O3/c1-17(5-6-18-7-9-20-10-8-18)15-13-4-3-12(19-2)11-14(13)21-16-15/h3-4,11H,5-10H2,1-2H3. The Balaban J connectivity index is 1.67. The number of nitrogens with zero attached hydrogens (tertiary/aromatic N) is 3. The molecule has 0 atom stereocenters. The summed E-state index contributed by atoms with van der Waals surface area (Å²) in [4.78, 5) is 4.54. The van der Waals surface area contributed by atoms with Crippen molar-refractivity contribution in [3.63, 3.8) is 0 Å². The molecule has 0 unspecified atom stereocenters. The first-order valence-corrected chi connectivity index (χ1v) is 7.22. The second-order valence-corrected chi connectivity index (χ2v) is 5.24. The Bertz CT molecular complexity index is 593. The summed E-state index contributed by atoms with van der Waals surface area (Å²) in [7, 11) is 3.69. The van der Waals surface area contributed by atoms with Gasteiger partial charge in [-0.25, -0.2) is 0 Å². The molecule has 2 aromatic rings. The van der Waals surface area contributed by atoms with Crippen LogP contribution in [0.2, 0.25) is 0 Å². The van der Waals surface area contributed by atoms with Crippen LogP contribution in [-0.2, 0) is 4.74 Å². The highest BCUT2D eigenvalue weighted by atomic mass is 16.5. The molecule has 0 bridgehead atoms. The van der Waals surface area contributed by atoms with E-state index in [1.165, 1.54) is 0 Å². The van der Waals surface area contributed by atoms with Gasteiger partial charge < -0.3 is 18.9 Å². The molecular weight excluding hydrogens is 270 g/mol. The third kappa shape index (κ3) is 3.11. The molecule has 1 aromatic heterocycles. The van der Waals surface area contributed by atoms with E-state index in [1.807, 2.05) is 25.2 Å². The number of benzene rings is 1. The van der Waals surface area contributed by atoms with Gasteiger partial charge in [-0.1, -0.05) is 5.16 Å². The van der Waals surface area contributed by atoms with Crippen LogP contribution in [-0.4, -0.2) is 63.6 Å². The fraction of sp³-hybridized carbons (Fsp3) is 0.533. The minimum Gasteiger partial charge on any atom is -0.497 e. The van der Waals surface area contributed by atoms with E-state index in [0.29, 0.717) is 0 Å². The predicted octanol–water partition coefficient (Wildman–Crippen LogP) is 1.60. The van der Waals surface area contributed by atoms with Crippen LogP contribution in [0, 0.1) is 0 Å². The molecule has 0 aliphatic carbocycles. The Labute approximate surface area is 124 Å². The lowest BCUT2D eigenvalue weighted by Crippen LogP contribution is -2.40. The van der Waals surface area contributed by atoms with Crippen LogP contribution < -0.4 is 9.64 Å². The zero-order valence-corrected chi connectivity index (χ0v) is 12.5. The summed E-state index contributed by atoms with van der Waals surface area (Å²) in [5, 5.41) is 5.20. The van der Waals surface area contributed by atoms with Gasteiger partial charge in [-0.3, -0.25) is 4.90 Å². The monoisotopic (exact) mass is 291 g/mol. The average molecular weight is 291 g/mol. The summed E-state index contributed by atoms with van der Waals surface area (Å²) < 4.78 is 16.0. The second-order valence-electron chi connectivity index (χ2n) is 5.24. The van der Waals surface area contributed by atoms with Crippen LogP contribution in [0.5, 0.6) is 5.75 Å². The van der Waals surface area contributed by atoms with Crippen molar-refractivity contribution in [3.05, 3.63) is 18.2 Å². The number of rotatable bonds is 5. The fourth-order valence-electron chi connectivity index (χ4n) is 2.53. The Kier molecular flexibility index (Phi) is 4.26. The Hall–Kier alpha value is -1.79.